The van der Waals surface area contributed by atoms with Gasteiger partial charge in [0.2, 0.25) is 5.88 Å². The fourth-order valence-electron chi connectivity index (χ4n) is 2.29. The van der Waals surface area contributed by atoms with Gasteiger partial charge in [0, 0.05) is 13.0 Å². The van der Waals surface area contributed by atoms with E-state index >= 15 is 0 Å². The monoisotopic (exact) mass is 329 g/mol. The summed E-state index contributed by atoms with van der Waals surface area (Å²) in [5, 5.41) is 9.67. The number of ether oxygens (including phenoxy) is 2. The summed E-state index contributed by atoms with van der Waals surface area (Å²) >= 11 is 0. The molecule has 2 N–H and O–H groups in total. The SMILES string of the molecule is CCOc1nc2[nH]c(OC(C)=O)cc2c(=O)n1-c1ccc(O)cc1. The molecule has 0 saturated heterocycles. The second-order valence-corrected chi connectivity index (χ2v) is 4.97. The summed E-state index contributed by atoms with van der Waals surface area (Å²) in [4.78, 5) is 30.9. The van der Waals surface area contributed by atoms with Crippen LogP contribution in [0.2, 0.25) is 0 Å². The number of aromatic hydroxyl groups is 1. The number of nitrogens with one attached hydrogen (secondary N) is 1. The van der Waals surface area contributed by atoms with E-state index in [1.54, 1.807) is 19.1 Å². The predicted molar refractivity (Wildman–Crippen MR) is 85.8 cm³/mol. The van der Waals surface area contributed by atoms with Crippen LogP contribution in [-0.4, -0.2) is 32.2 Å². The third-order valence-electron chi connectivity index (χ3n) is 3.24. The number of aromatic amines is 1. The topological polar surface area (TPSA) is 106 Å². The van der Waals surface area contributed by atoms with Gasteiger partial charge in [-0.25, -0.2) is 4.57 Å². The van der Waals surface area contributed by atoms with E-state index in [4.69, 9.17) is 9.47 Å². The third kappa shape index (κ3) is 2.81. The summed E-state index contributed by atoms with van der Waals surface area (Å²) in [5.74, 6) is -0.295. The molecule has 0 fully saturated rings. The normalized spacial score (nSPS) is 10.8. The number of hydrogen-bond acceptors (Lipinski definition) is 6. The Balaban J connectivity index is 2.24. The van der Waals surface area contributed by atoms with Crippen LogP contribution in [0.25, 0.3) is 16.7 Å². The average molecular weight is 329 g/mol. The minimum absolute atomic E-state index is 0.0811. The smallest absolute Gasteiger partial charge is 0.309 e. The maximum Gasteiger partial charge on any atom is 0.309 e. The zero-order chi connectivity index (χ0) is 17.3. The molecule has 0 amide bonds. The number of rotatable bonds is 4. The van der Waals surface area contributed by atoms with Crippen molar-refractivity contribution in [2.45, 2.75) is 13.8 Å². The lowest BCUT2D eigenvalue weighted by Gasteiger charge is -2.11. The summed E-state index contributed by atoms with van der Waals surface area (Å²) in [7, 11) is 0. The minimum atomic E-state index is -0.509. The summed E-state index contributed by atoms with van der Waals surface area (Å²) in [6.45, 7) is 3.35. The molecule has 0 bridgehead atoms. The Bertz CT molecular complexity index is 956. The minimum Gasteiger partial charge on any atom is -0.508 e. The maximum atomic E-state index is 12.8. The number of benzene rings is 1. The molecule has 8 heteroatoms. The number of carbonyl (C=O) groups excluding carboxylic acids is 1. The summed E-state index contributed by atoms with van der Waals surface area (Å²) in [6, 6.07) is 7.58. The van der Waals surface area contributed by atoms with Crippen molar-refractivity contribution >= 4 is 17.0 Å². The zero-order valence-corrected chi connectivity index (χ0v) is 13.1. The van der Waals surface area contributed by atoms with E-state index < -0.39 is 5.97 Å². The highest BCUT2D eigenvalue weighted by atomic mass is 16.5. The van der Waals surface area contributed by atoms with Crippen molar-refractivity contribution in [3.05, 3.63) is 40.7 Å². The van der Waals surface area contributed by atoms with E-state index in [1.807, 2.05) is 0 Å². The molecule has 0 radical (unpaired) electrons. The Morgan fingerprint density at radius 2 is 2.04 bits per heavy atom. The van der Waals surface area contributed by atoms with Gasteiger partial charge in [-0.15, -0.1) is 0 Å². The number of esters is 1. The Hall–Kier alpha value is -3.29. The summed E-state index contributed by atoms with van der Waals surface area (Å²) < 4.78 is 11.7. The third-order valence-corrected chi connectivity index (χ3v) is 3.24. The van der Waals surface area contributed by atoms with E-state index in [9.17, 15) is 14.7 Å². The van der Waals surface area contributed by atoms with E-state index in [0.717, 1.165) is 0 Å². The molecule has 8 nitrogen and oxygen atoms in total. The van der Waals surface area contributed by atoms with Crippen LogP contribution >= 0.6 is 0 Å². The highest BCUT2D eigenvalue weighted by Crippen LogP contribution is 2.22. The van der Waals surface area contributed by atoms with Gasteiger partial charge in [-0.2, -0.15) is 4.98 Å². The van der Waals surface area contributed by atoms with Gasteiger partial charge < -0.3 is 19.6 Å². The predicted octanol–water partition coefficient (Wildman–Crippen LogP) is 1.74. The van der Waals surface area contributed by atoms with Crippen molar-refractivity contribution in [3.63, 3.8) is 0 Å². The molecule has 0 unspecified atom stereocenters. The number of hydrogen-bond donors (Lipinski definition) is 2. The van der Waals surface area contributed by atoms with Crippen molar-refractivity contribution < 1.29 is 19.4 Å². The van der Waals surface area contributed by atoms with Crippen molar-refractivity contribution in [1.29, 1.82) is 0 Å². The molecule has 24 heavy (non-hydrogen) atoms. The largest absolute Gasteiger partial charge is 0.508 e. The fraction of sp³-hybridized carbons (Fsp3) is 0.188. The molecule has 2 heterocycles. The average Bonchev–Trinajstić information content (AvgIpc) is 2.91. The molecule has 0 aliphatic heterocycles. The van der Waals surface area contributed by atoms with Crippen LogP contribution in [0.3, 0.4) is 0 Å². The molecule has 0 aliphatic carbocycles. The van der Waals surface area contributed by atoms with Gasteiger partial charge in [-0.05, 0) is 31.2 Å². The maximum absolute atomic E-state index is 12.8. The van der Waals surface area contributed by atoms with Crippen LogP contribution in [0.4, 0.5) is 0 Å². The Morgan fingerprint density at radius 3 is 2.67 bits per heavy atom. The van der Waals surface area contributed by atoms with E-state index in [1.165, 1.54) is 29.7 Å². The standard InChI is InChI=1S/C16H15N3O5/c1-3-23-16-18-14-12(8-13(17-14)24-9(2)20)15(22)19(16)10-4-6-11(21)7-5-10/h4-8,17,21H,3H2,1-2H3. The molecule has 0 saturated carbocycles. The van der Waals surface area contributed by atoms with Crippen molar-refractivity contribution in [1.82, 2.24) is 14.5 Å². The molecular formula is C16H15N3O5. The van der Waals surface area contributed by atoms with Crippen LogP contribution in [0, 0.1) is 0 Å². The first-order valence-corrected chi connectivity index (χ1v) is 7.26. The van der Waals surface area contributed by atoms with Crippen LogP contribution in [-0.2, 0) is 4.79 Å². The molecule has 2 aromatic heterocycles. The second-order valence-electron chi connectivity index (χ2n) is 4.97. The molecule has 124 valence electrons. The lowest BCUT2D eigenvalue weighted by Crippen LogP contribution is -2.21. The number of nitrogens with zero attached hydrogens (tertiary/aromatic N) is 2. The number of aromatic nitrogens is 3. The van der Waals surface area contributed by atoms with E-state index in [0.29, 0.717) is 12.3 Å². The van der Waals surface area contributed by atoms with Gasteiger partial charge in [0.15, 0.2) is 5.65 Å². The number of phenolic OH excluding ortho intramolecular Hbond substituents is 1. The first-order chi connectivity index (χ1) is 11.5. The van der Waals surface area contributed by atoms with Crippen LogP contribution in [0.1, 0.15) is 13.8 Å². The number of carbonyl (C=O) groups is 1. The zero-order valence-electron chi connectivity index (χ0n) is 13.1. The van der Waals surface area contributed by atoms with Crippen molar-refractivity contribution in [2.24, 2.45) is 0 Å². The lowest BCUT2D eigenvalue weighted by atomic mass is 10.3. The quantitative estimate of drug-likeness (QED) is 0.706. The first-order valence-electron chi connectivity index (χ1n) is 7.26. The van der Waals surface area contributed by atoms with E-state index in [-0.39, 0.29) is 34.2 Å². The highest BCUT2D eigenvalue weighted by molar-refractivity contribution is 5.79. The number of H-pyrrole nitrogens is 1. The Morgan fingerprint density at radius 1 is 1.33 bits per heavy atom. The van der Waals surface area contributed by atoms with Gasteiger partial charge in [-0.3, -0.25) is 9.59 Å². The molecule has 0 spiro atoms. The number of phenols is 1. The van der Waals surface area contributed by atoms with Crippen LogP contribution in [0.5, 0.6) is 17.6 Å². The Labute approximate surface area is 136 Å². The number of fused-ring (bicyclic) bond motifs is 1. The Kier molecular flexibility index (Phi) is 3.95. The molecule has 1 aromatic carbocycles. The fourth-order valence-corrected chi connectivity index (χ4v) is 2.29. The van der Waals surface area contributed by atoms with Crippen molar-refractivity contribution in [2.75, 3.05) is 6.61 Å². The molecular weight excluding hydrogens is 314 g/mol. The lowest BCUT2D eigenvalue weighted by molar-refractivity contribution is -0.132. The summed E-state index contributed by atoms with van der Waals surface area (Å²) in [6.07, 6.45) is 0. The van der Waals surface area contributed by atoms with Crippen molar-refractivity contribution in [3.8, 4) is 23.3 Å². The molecule has 3 aromatic rings. The van der Waals surface area contributed by atoms with Gasteiger partial charge in [0.1, 0.15) is 5.75 Å². The van der Waals surface area contributed by atoms with Crippen LogP contribution < -0.4 is 15.0 Å². The highest BCUT2D eigenvalue weighted by Gasteiger charge is 2.17. The molecule has 0 atom stereocenters. The molecule has 0 aliphatic rings. The molecule has 3 rings (SSSR count). The van der Waals surface area contributed by atoms with E-state index in [2.05, 4.69) is 9.97 Å². The summed E-state index contributed by atoms with van der Waals surface area (Å²) in [5.41, 5.74) is 0.365. The van der Waals surface area contributed by atoms with Gasteiger partial charge in [0.05, 0.1) is 17.7 Å². The van der Waals surface area contributed by atoms with Crippen LogP contribution in [0.15, 0.2) is 35.1 Å². The van der Waals surface area contributed by atoms with Gasteiger partial charge in [0.25, 0.3) is 5.56 Å². The van der Waals surface area contributed by atoms with Gasteiger partial charge in [-0.1, -0.05) is 0 Å². The second kappa shape index (κ2) is 6.07. The first kappa shape index (κ1) is 15.6. The van der Waals surface area contributed by atoms with Gasteiger partial charge >= 0.3 is 12.0 Å².